The lowest BCUT2D eigenvalue weighted by molar-refractivity contribution is 0.271. The number of hydrogen-bond acceptors (Lipinski definition) is 8. The van der Waals surface area contributed by atoms with Crippen molar-refractivity contribution in [2.45, 2.75) is 32.6 Å². The van der Waals surface area contributed by atoms with Crippen LogP contribution < -0.4 is 10.2 Å². The van der Waals surface area contributed by atoms with Crippen LogP contribution in [0.15, 0.2) is 24.5 Å². The van der Waals surface area contributed by atoms with Crippen LogP contribution >= 0.6 is 11.3 Å². The minimum atomic E-state index is -0.436. The Balaban J connectivity index is 1.24. The Morgan fingerprint density at radius 2 is 1.91 bits per heavy atom. The van der Waals surface area contributed by atoms with E-state index in [1.54, 1.807) is 11.3 Å². The second-order valence-corrected chi connectivity index (χ2v) is 10.4. The summed E-state index contributed by atoms with van der Waals surface area (Å²) >= 11 is 1.58. The van der Waals surface area contributed by atoms with Crippen LogP contribution in [0.1, 0.15) is 36.9 Å². The smallest absolute Gasteiger partial charge is 0.229 e. The molecule has 0 aromatic carbocycles. The molecule has 1 N–H and O–H groups in total. The Kier molecular flexibility index (Phi) is 5.64. The molecule has 0 spiro atoms. The van der Waals surface area contributed by atoms with E-state index < -0.39 is 5.82 Å². The molecule has 5 heterocycles. The van der Waals surface area contributed by atoms with Crippen molar-refractivity contribution in [3.63, 3.8) is 0 Å². The van der Waals surface area contributed by atoms with E-state index >= 15 is 0 Å². The molecule has 4 aromatic heterocycles. The topological polar surface area (TPSA) is 75.0 Å². The number of rotatable bonds is 6. The first-order chi connectivity index (χ1) is 17.0. The second kappa shape index (κ2) is 8.83. The number of aromatic nitrogens is 5. The van der Waals surface area contributed by atoms with Gasteiger partial charge in [-0.15, -0.1) is 11.3 Å². The van der Waals surface area contributed by atoms with Gasteiger partial charge in [0, 0.05) is 39.1 Å². The zero-order chi connectivity index (χ0) is 24.1. The predicted octanol–water partition coefficient (Wildman–Crippen LogP) is 4.70. The summed E-state index contributed by atoms with van der Waals surface area (Å²) in [5.74, 6) is 1.08. The molecule has 35 heavy (non-hydrogen) atoms. The molecule has 8 nitrogen and oxygen atoms in total. The first-order valence-corrected chi connectivity index (χ1v) is 13.0. The molecule has 1 saturated carbocycles. The number of pyridine rings is 1. The summed E-state index contributed by atoms with van der Waals surface area (Å²) in [6, 6.07) is 3.98. The van der Waals surface area contributed by atoms with Crippen LogP contribution in [-0.2, 0) is 7.05 Å². The molecule has 1 aliphatic heterocycles. The van der Waals surface area contributed by atoms with Gasteiger partial charge in [-0.1, -0.05) is 6.92 Å². The maximum Gasteiger partial charge on any atom is 0.229 e. The summed E-state index contributed by atoms with van der Waals surface area (Å²) < 4.78 is 18.0. The van der Waals surface area contributed by atoms with Crippen molar-refractivity contribution in [2.24, 2.45) is 7.05 Å². The molecule has 0 unspecified atom stereocenters. The van der Waals surface area contributed by atoms with E-state index in [0.29, 0.717) is 23.4 Å². The number of piperazine rings is 1. The van der Waals surface area contributed by atoms with Gasteiger partial charge in [-0.2, -0.15) is 5.10 Å². The lowest BCUT2D eigenvalue weighted by Gasteiger charge is -2.35. The van der Waals surface area contributed by atoms with Crippen molar-refractivity contribution in [1.29, 1.82) is 0 Å². The SMILES string of the molecule is CCN1CCN(c2ccc(Nc3ncc(F)c(-c4sc5c(C6CC6)n(C)nc5c4C)n3)nc2)CC1. The lowest BCUT2D eigenvalue weighted by atomic mass is 10.2. The Hall–Kier alpha value is -3.11. The molecule has 2 fully saturated rings. The summed E-state index contributed by atoms with van der Waals surface area (Å²) in [6.45, 7) is 9.42. The predicted molar refractivity (Wildman–Crippen MR) is 138 cm³/mol. The highest BCUT2D eigenvalue weighted by Gasteiger charge is 2.31. The van der Waals surface area contributed by atoms with Gasteiger partial charge in [-0.25, -0.2) is 19.3 Å². The van der Waals surface area contributed by atoms with Gasteiger partial charge in [0.25, 0.3) is 0 Å². The Morgan fingerprint density at radius 3 is 2.60 bits per heavy atom. The molecule has 10 heteroatoms. The van der Waals surface area contributed by atoms with Crippen molar-refractivity contribution >= 4 is 39.0 Å². The molecule has 0 bridgehead atoms. The normalized spacial score (nSPS) is 16.9. The van der Waals surface area contributed by atoms with Crippen LogP contribution in [0.25, 0.3) is 20.8 Å². The van der Waals surface area contributed by atoms with E-state index in [-0.39, 0.29) is 0 Å². The van der Waals surface area contributed by atoms with Crippen molar-refractivity contribution in [3.8, 4) is 10.6 Å². The molecule has 1 saturated heterocycles. The van der Waals surface area contributed by atoms with Crippen LogP contribution in [0.3, 0.4) is 0 Å². The zero-order valence-electron chi connectivity index (χ0n) is 20.3. The number of nitrogens with one attached hydrogen (secondary N) is 1. The minimum Gasteiger partial charge on any atom is -0.368 e. The Labute approximate surface area is 207 Å². The van der Waals surface area contributed by atoms with E-state index in [0.717, 1.165) is 59.1 Å². The Bertz CT molecular complexity index is 1370. The molecule has 4 aromatic rings. The summed E-state index contributed by atoms with van der Waals surface area (Å²) in [6.07, 6.45) is 5.48. The standard InChI is InChI=1S/C25H29FN8S/c1-4-33-9-11-34(12-10-33)17-7-8-19(27-13-17)29-25-28-14-18(26)21(30-25)23-15(2)20-24(35-23)22(16-5-6-16)32(3)31-20/h7-8,13-14,16H,4-6,9-12H2,1-3H3,(H,27,28,29,30). The van der Waals surface area contributed by atoms with Gasteiger partial charge in [-0.05, 0) is 44.0 Å². The van der Waals surface area contributed by atoms with Crippen molar-refractivity contribution in [3.05, 3.63) is 41.6 Å². The average Bonchev–Trinajstić information content (AvgIpc) is 3.59. The van der Waals surface area contributed by atoms with Crippen LogP contribution in [-0.4, -0.2) is 62.4 Å². The first-order valence-electron chi connectivity index (χ1n) is 12.2. The third-order valence-electron chi connectivity index (χ3n) is 7.04. The van der Waals surface area contributed by atoms with Gasteiger partial charge in [0.05, 0.1) is 33.4 Å². The van der Waals surface area contributed by atoms with E-state index in [9.17, 15) is 4.39 Å². The van der Waals surface area contributed by atoms with Crippen LogP contribution in [0.2, 0.25) is 0 Å². The zero-order valence-corrected chi connectivity index (χ0v) is 21.1. The number of anilines is 3. The highest BCUT2D eigenvalue weighted by atomic mass is 32.1. The fourth-order valence-corrected chi connectivity index (χ4v) is 6.24. The third kappa shape index (κ3) is 4.14. The molecule has 1 aliphatic carbocycles. The molecule has 0 atom stereocenters. The molecular weight excluding hydrogens is 463 g/mol. The molecule has 0 amide bonds. The molecule has 6 rings (SSSR count). The van der Waals surface area contributed by atoms with E-state index in [4.69, 9.17) is 5.10 Å². The van der Waals surface area contributed by atoms with Crippen LogP contribution in [0.4, 0.5) is 21.8 Å². The van der Waals surface area contributed by atoms with E-state index in [2.05, 4.69) is 43.1 Å². The van der Waals surface area contributed by atoms with Gasteiger partial charge in [-0.3, -0.25) is 4.68 Å². The van der Waals surface area contributed by atoms with Gasteiger partial charge in [0.1, 0.15) is 17.0 Å². The summed E-state index contributed by atoms with van der Waals surface area (Å²) in [4.78, 5) is 18.9. The van der Waals surface area contributed by atoms with Gasteiger partial charge < -0.3 is 15.1 Å². The highest BCUT2D eigenvalue weighted by Crippen LogP contribution is 2.47. The van der Waals surface area contributed by atoms with Gasteiger partial charge >= 0.3 is 0 Å². The number of hydrogen-bond donors (Lipinski definition) is 1. The first kappa shape index (κ1) is 22.4. The van der Waals surface area contributed by atoms with Gasteiger partial charge in [0.2, 0.25) is 5.95 Å². The molecule has 182 valence electrons. The van der Waals surface area contributed by atoms with Crippen molar-refractivity contribution in [2.75, 3.05) is 42.9 Å². The van der Waals surface area contributed by atoms with Crippen molar-refractivity contribution < 1.29 is 4.39 Å². The monoisotopic (exact) mass is 492 g/mol. The fraction of sp³-hybridized carbons (Fsp3) is 0.440. The Morgan fingerprint density at radius 1 is 1.11 bits per heavy atom. The number of likely N-dealkylation sites (N-methyl/N-ethyl adjacent to an activating group) is 1. The molecule has 0 radical (unpaired) electrons. The van der Waals surface area contributed by atoms with Crippen LogP contribution in [0, 0.1) is 12.7 Å². The lowest BCUT2D eigenvalue weighted by Crippen LogP contribution is -2.46. The maximum absolute atomic E-state index is 14.9. The number of aryl methyl sites for hydroxylation is 2. The van der Waals surface area contributed by atoms with Crippen LogP contribution in [0.5, 0.6) is 0 Å². The third-order valence-corrected chi connectivity index (χ3v) is 8.35. The maximum atomic E-state index is 14.9. The number of fused-ring (bicyclic) bond motifs is 1. The van der Waals surface area contributed by atoms with E-state index in [1.807, 2.05) is 30.9 Å². The summed E-state index contributed by atoms with van der Waals surface area (Å²) in [5, 5.41) is 7.87. The minimum absolute atomic E-state index is 0.304. The average molecular weight is 493 g/mol. The second-order valence-electron chi connectivity index (χ2n) is 9.36. The molecule has 2 aliphatic rings. The number of halogens is 1. The quantitative estimate of drug-likeness (QED) is 0.418. The van der Waals surface area contributed by atoms with Crippen molar-refractivity contribution in [1.82, 2.24) is 29.6 Å². The van der Waals surface area contributed by atoms with Gasteiger partial charge in [0.15, 0.2) is 5.82 Å². The summed E-state index contributed by atoms with van der Waals surface area (Å²) in [7, 11) is 2.00. The van der Waals surface area contributed by atoms with E-state index in [1.165, 1.54) is 24.7 Å². The summed E-state index contributed by atoms with van der Waals surface area (Å²) in [5.41, 5.74) is 4.57. The largest absolute Gasteiger partial charge is 0.368 e. The highest BCUT2D eigenvalue weighted by molar-refractivity contribution is 7.22. The number of nitrogens with zero attached hydrogens (tertiary/aromatic N) is 7. The molecular formula is C25H29FN8S. The number of thiophene rings is 1. The fourth-order valence-electron chi connectivity index (χ4n) is 4.85.